The Labute approximate surface area is 160 Å². The molecule has 6 nitrogen and oxygen atoms in total. The molecule has 3 heterocycles. The summed E-state index contributed by atoms with van der Waals surface area (Å²) in [5, 5.41) is 1.99. The molecule has 0 saturated carbocycles. The van der Waals surface area contributed by atoms with Gasteiger partial charge in [0.05, 0.1) is 41.1 Å². The average molecular weight is 391 g/mol. The molecule has 0 fully saturated rings. The Morgan fingerprint density at radius 1 is 1.31 bits per heavy atom. The van der Waals surface area contributed by atoms with Crippen LogP contribution >= 0.6 is 23.2 Å². The first-order valence-corrected chi connectivity index (χ1v) is 8.92. The molecule has 2 aromatic heterocycles. The number of aromatic amines is 1. The molecule has 0 aliphatic carbocycles. The lowest BCUT2D eigenvalue weighted by Gasteiger charge is -2.33. The van der Waals surface area contributed by atoms with Crippen molar-refractivity contribution in [1.82, 2.24) is 19.9 Å². The number of H-pyrrole nitrogens is 1. The molecule has 0 saturated heterocycles. The highest BCUT2D eigenvalue weighted by atomic mass is 35.5. The summed E-state index contributed by atoms with van der Waals surface area (Å²) in [6.45, 7) is 2.57. The van der Waals surface area contributed by atoms with E-state index in [0.717, 1.165) is 22.2 Å². The molecule has 8 heteroatoms. The Balaban J connectivity index is 1.72. The van der Waals surface area contributed by atoms with Gasteiger partial charge in [0.1, 0.15) is 0 Å². The van der Waals surface area contributed by atoms with E-state index in [-0.39, 0.29) is 17.8 Å². The third-order valence-corrected chi connectivity index (χ3v) is 5.59. The smallest absolute Gasteiger partial charge is 0.292 e. The van der Waals surface area contributed by atoms with Crippen LogP contribution in [-0.4, -0.2) is 39.4 Å². The molecule has 1 aromatic carbocycles. The van der Waals surface area contributed by atoms with E-state index in [1.807, 2.05) is 13.0 Å². The Bertz CT molecular complexity index is 1000. The fraction of sp³-hybridized carbons (Fsp3) is 0.278. The van der Waals surface area contributed by atoms with E-state index in [9.17, 15) is 4.79 Å². The zero-order chi connectivity index (χ0) is 18.4. The monoisotopic (exact) mass is 390 g/mol. The SMILES string of the molecule is COc1cnc(C(=O)N2CCc3[nH]c4c(Cl)c(Cl)ccc4c3[C@@H]2C)nc1. The van der Waals surface area contributed by atoms with E-state index in [0.29, 0.717) is 28.8 Å². The number of halogens is 2. The summed E-state index contributed by atoms with van der Waals surface area (Å²) < 4.78 is 5.04. The maximum Gasteiger partial charge on any atom is 0.292 e. The zero-order valence-electron chi connectivity index (χ0n) is 14.2. The predicted molar refractivity (Wildman–Crippen MR) is 100 cm³/mol. The van der Waals surface area contributed by atoms with E-state index in [1.165, 1.54) is 19.5 Å². The number of amides is 1. The Morgan fingerprint density at radius 3 is 2.73 bits per heavy atom. The normalized spacial score (nSPS) is 16.6. The molecular formula is C18H16Cl2N4O2. The first-order valence-electron chi connectivity index (χ1n) is 8.16. The van der Waals surface area contributed by atoms with Crippen LogP contribution in [0.4, 0.5) is 0 Å². The van der Waals surface area contributed by atoms with Crippen molar-refractivity contribution in [2.24, 2.45) is 0 Å². The molecule has 4 rings (SSSR count). The third-order valence-electron chi connectivity index (χ3n) is 4.79. The van der Waals surface area contributed by atoms with Crippen molar-refractivity contribution in [1.29, 1.82) is 0 Å². The number of nitrogens with zero attached hydrogens (tertiary/aromatic N) is 3. The van der Waals surface area contributed by atoms with Gasteiger partial charge in [0.2, 0.25) is 5.82 Å². The van der Waals surface area contributed by atoms with E-state index in [1.54, 1.807) is 11.0 Å². The van der Waals surface area contributed by atoms with Gasteiger partial charge in [-0.3, -0.25) is 4.79 Å². The molecular weight excluding hydrogens is 375 g/mol. The van der Waals surface area contributed by atoms with Gasteiger partial charge in [-0.2, -0.15) is 0 Å². The minimum Gasteiger partial charge on any atom is -0.494 e. The summed E-state index contributed by atoms with van der Waals surface area (Å²) in [7, 11) is 1.53. The number of benzene rings is 1. The maximum absolute atomic E-state index is 12.9. The topological polar surface area (TPSA) is 71.1 Å². The number of fused-ring (bicyclic) bond motifs is 3. The van der Waals surface area contributed by atoms with Crippen molar-refractivity contribution in [3.63, 3.8) is 0 Å². The average Bonchev–Trinajstić information content (AvgIpc) is 3.05. The van der Waals surface area contributed by atoms with Crippen LogP contribution < -0.4 is 4.74 Å². The van der Waals surface area contributed by atoms with Crippen molar-refractivity contribution in [3.8, 4) is 5.75 Å². The highest BCUT2D eigenvalue weighted by Gasteiger charge is 2.32. The van der Waals surface area contributed by atoms with Crippen molar-refractivity contribution in [3.05, 3.63) is 51.7 Å². The molecule has 0 spiro atoms. The Hall–Kier alpha value is -2.31. The quantitative estimate of drug-likeness (QED) is 0.716. The molecule has 0 unspecified atom stereocenters. The molecule has 1 aliphatic heterocycles. The number of rotatable bonds is 2. The number of ether oxygens (including phenoxy) is 1. The predicted octanol–water partition coefficient (Wildman–Crippen LogP) is 4.03. The second kappa shape index (κ2) is 6.45. The molecule has 1 amide bonds. The second-order valence-electron chi connectivity index (χ2n) is 6.17. The van der Waals surface area contributed by atoms with Gasteiger partial charge in [-0.1, -0.05) is 29.3 Å². The molecule has 0 radical (unpaired) electrons. The van der Waals surface area contributed by atoms with Crippen LogP contribution in [0.1, 0.15) is 34.8 Å². The molecule has 134 valence electrons. The van der Waals surface area contributed by atoms with Gasteiger partial charge in [-0.25, -0.2) is 9.97 Å². The third kappa shape index (κ3) is 2.61. The molecule has 1 atom stereocenters. The van der Waals surface area contributed by atoms with Gasteiger partial charge in [0.15, 0.2) is 5.75 Å². The number of aromatic nitrogens is 3. The minimum absolute atomic E-state index is 0.136. The summed E-state index contributed by atoms with van der Waals surface area (Å²) in [5.41, 5.74) is 2.95. The number of methoxy groups -OCH3 is 1. The highest BCUT2D eigenvalue weighted by Crippen LogP contribution is 2.40. The Kier molecular flexibility index (Phi) is 4.25. The van der Waals surface area contributed by atoms with Crippen molar-refractivity contribution in [2.75, 3.05) is 13.7 Å². The van der Waals surface area contributed by atoms with Gasteiger partial charge < -0.3 is 14.6 Å². The number of carbonyl (C=O) groups excluding carboxylic acids is 1. The van der Waals surface area contributed by atoms with Crippen molar-refractivity contribution < 1.29 is 9.53 Å². The first kappa shape index (κ1) is 17.1. The molecule has 26 heavy (non-hydrogen) atoms. The largest absolute Gasteiger partial charge is 0.494 e. The fourth-order valence-electron chi connectivity index (χ4n) is 3.47. The second-order valence-corrected chi connectivity index (χ2v) is 6.96. The maximum atomic E-state index is 12.9. The fourth-order valence-corrected chi connectivity index (χ4v) is 3.84. The van der Waals surface area contributed by atoms with Crippen LogP contribution in [-0.2, 0) is 6.42 Å². The van der Waals surface area contributed by atoms with E-state index in [4.69, 9.17) is 27.9 Å². The van der Waals surface area contributed by atoms with Gasteiger partial charge >= 0.3 is 0 Å². The van der Waals surface area contributed by atoms with E-state index >= 15 is 0 Å². The first-order chi connectivity index (χ1) is 12.5. The Morgan fingerprint density at radius 2 is 2.04 bits per heavy atom. The van der Waals surface area contributed by atoms with E-state index in [2.05, 4.69) is 15.0 Å². The van der Waals surface area contributed by atoms with Crippen LogP contribution in [0.2, 0.25) is 10.0 Å². The lowest BCUT2D eigenvalue weighted by atomic mass is 9.97. The van der Waals surface area contributed by atoms with Crippen LogP contribution in [0.15, 0.2) is 24.5 Å². The number of hydrogen-bond donors (Lipinski definition) is 1. The number of nitrogens with one attached hydrogen (secondary N) is 1. The standard InChI is InChI=1S/C18H16Cl2N4O2/c1-9-14-11-3-4-12(19)15(20)16(11)23-13(14)5-6-24(9)18(25)17-21-7-10(26-2)8-22-17/h3-4,7-9,23H,5-6H2,1-2H3/t9-/m0/s1. The van der Waals surface area contributed by atoms with Gasteiger partial charge in [-0.15, -0.1) is 0 Å². The molecule has 0 bridgehead atoms. The van der Waals surface area contributed by atoms with Gasteiger partial charge in [0.25, 0.3) is 5.91 Å². The van der Waals surface area contributed by atoms with Crippen LogP contribution in [0.5, 0.6) is 5.75 Å². The lowest BCUT2D eigenvalue weighted by Crippen LogP contribution is -2.39. The highest BCUT2D eigenvalue weighted by molar-refractivity contribution is 6.45. The van der Waals surface area contributed by atoms with Crippen molar-refractivity contribution in [2.45, 2.75) is 19.4 Å². The van der Waals surface area contributed by atoms with Crippen LogP contribution in [0, 0.1) is 0 Å². The summed E-state index contributed by atoms with van der Waals surface area (Å²) in [5.74, 6) is 0.459. The minimum atomic E-state index is -0.208. The van der Waals surface area contributed by atoms with Crippen LogP contribution in [0.3, 0.4) is 0 Å². The van der Waals surface area contributed by atoms with Gasteiger partial charge in [0, 0.05) is 29.6 Å². The van der Waals surface area contributed by atoms with Crippen molar-refractivity contribution >= 4 is 40.0 Å². The van der Waals surface area contributed by atoms with Crippen LogP contribution in [0.25, 0.3) is 10.9 Å². The lowest BCUT2D eigenvalue weighted by molar-refractivity contribution is 0.0665. The summed E-state index contributed by atoms with van der Waals surface area (Å²) in [6.07, 6.45) is 3.69. The van der Waals surface area contributed by atoms with Gasteiger partial charge in [-0.05, 0) is 13.0 Å². The summed E-state index contributed by atoms with van der Waals surface area (Å²) >= 11 is 12.5. The molecule has 1 N–H and O–H groups in total. The summed E-state index contributed by atoms with van der Waals surface area (Å²) in [4.78, 5) is 26.3. The molecule has 1 aliphatic rings. The number of carbonyl (C=O) groups is 1. The number of hydrogen-bond acceptors (Lipinski definition) is 4. The summed E-state index contributed by atoms with van der Waals surface area (Å²) in [6, 6.07) is 3.58. The van der Waals surface area contributed by atoms with E-state index < -0.39 is 0 Å². The molecule has 3 aromatic rings. The zero-order valence-corrected chi connectivity index (χ0v) is 15.7.